The van der Waals surface area contributed by atoms with Gasteiger partial charge in [0.05, 0.1) is 22.2 Å². The van der Waals surface area contributed by atoms with Crippen LogP contribution in [-0.4, -0.2) is 17.6 Å². The molecule has 0 atom stereocenters. The highest BCUT2D eigenvalue weighted by molar-refractivity contribution is 6.43. The maximum atomic E-state index is 11.8. The van der Waals surface area contributed by atoms with E-state index in [2.05, 4.69) is 4.98 Å². The van der Waals surface area contributed by atoms with Gasteiger partial charge in [-0.2, -0.15) is 0 Å². The number of carbonyl (C=O) groups is 1. The molecule has 1 aromatic heterocycles. The Labute approximate surface area is 115 Å². The van der Waals surface area contributed by atoms with E-state index in [-0.39, 0.29) is 5.97 Å². The fraction of sp³-hybridized carbons (Fsp3) is 0.154. The molecule has 0 fully saturated rings. The lowest BCUT2D eigenvalue weighted by Crippen LogP contribution is -2.04. The molecule has 0 amide bonds. The van der Waals surface area contributed by atoms with E-state index in [1.54, 1.807) is 37.5 Å². The van der Waals surface area contributed by atoms with Crippen LogP contribution in [0.1, 0.15) is 17.3 Å². The molecule has 0 aliphatic heterocycles. The van der Waals surface area contributed by atoms with Crippen LogP contribution in [0.3, 0.4) is 0 Å². The highest BCUT2D eigenvalue weighted by Crippen LogP contribution is 2.35. The molecule has 0 bridgehead atoms. The summed E-state index contributed by atoms with van der Waals surface area (Å²) in [5, 5.41) is 0.870. The topological polar surface area (TPSA) is 42.1 Å². The van der Waals surface area contributed by atoms with Crippen LogP contribution in [0.25, 0.3) is 11.1 Å². The Morgan fingerprint density at radius 3 is 2.78 bits per heavy atom. The van der Waals surface area contributed by atoms with Crippen molar-refractivity contribution >= 4 is 29.2 Å². The van der Waals surface area contributed by atoms with E-state index in [4.69, 9.17) is 27.9 Å². The zero-order valence-corrected chi connectivity index (χ0v) is 11.2. The number of nitrogens with one attached hydrogen (secondary N) is 1. The van der Waals surface area contributed by atoms with Gasteiger partial charge in [-0.3, -0.25) is 0 Å². The molecule has 1 heterocycles. The fourth-order valence-corrected chi connectivity index (χ4v) is 2.08. The minimum absolute atomic E-state index is 0.326. The molecule has 94 valence electrons. The summed E-state index contributed by atoms with van der Waals surface area (Å²) >= 11 is 12.1. The van der Waals surface area contributed by atoms with Crippen molar-refractivity contribution in [3.05, 3.63) is 46.2 Å². The van der Waals surface area contributed by atoms with Gasteiger partial charge in [-0.05, 0) is 13.0 Å². The maximum Gasteiger partial charge on any atom is 0.340 e. The number of hydrogen-bond donors (Lipinski definition) is 1. The van der Waals surface area contributed by atoms with E-state index in [0.717, 1.165) is 0 Å². The van der Waals surface area contributed by atoms with Crippen molar-refractivity contribution in [3.8, 4) is 11.1 Å². The molecule has 3 nitrogen and oxygen atoms in total. The van der Waals surface area contributed by atoms with Crippen LogP contribution in [0.15, 0.2) is 30.6 Å². The Bertz CT molecular complexity index is 578. The Morgan fingerprint density at radius 1 is 1.28 bits per heavy atom. The first kappa shape index (κ1) is 13.0. The van der Waals surface area contributed by atoms with E-state index >= 15 is 0 Å². The number of carbonyl (C=O) groups excluding carboxylic acids is 1. The Kier molecular flexibility index (Phi) is 3.94. The van der Waals surface area contributed by atoms with Crippen LogP contribution in [0.4, 0.5) is 0 Å². The van der Waals surface area contributed by atoms with Gasteiger partial charge in [-0.15, -0.1) is 0 Å². The Balaban J connectivity index is 2.49. The van der Waals surface area contributed by atoms with Crippen molar-refractivity contribution in [2.75, 3.05) is 6.61 Å². The van der Waals surface area contributed by atoms with Crippen LogP contribution in [0.5, 0.6) is 0 Å². The first-order valence-corrected chi connectivity index (χ1v) is 6.19. The SMILES string of the molecule is CCOC(=O)c1c[nH]cc1-c1cccc(Cl)c1Cl. The van der Waals surface area contributed by atoms with E-state index < -0.39 is 0 Å². The highest BCUT2D eigenvalue weighted by Gasteiger charge is 2.17. The molecular formula is C13H11Cl2NO2. The number of aromatic amines is 1. The van der Waals surface area contributed by atoms with Crippen LogP contribution in [0.2, 0.25) is 10.0 Å². The molecule has 0 saturated heterocycles. The molecule has 18 heavy (non-hydrogen) atoms. The summed E-state index contributed by atoms with van der Waals surface area (Å²) in [6, 6.07) is 5.29. The molecule has 0 radical (unpaired) electrons. The maximum absolute atomic E-state index is 11.8. The average Bonchev–Trinajstić information content (AvgIpc) is 2.82. The largest absolute Gasteiger partial charge is 0.462 e. The molecule has 2 aromatic rings. The highest BCUT2D eigenvalue weighted by atomic mass is 35.5. The third-order valence-corrected chi connectivity index (χ3v) is 3.30. The van der Waals surface area contributed by atoms with Gasteiger partial charge >= 0.3 is 5.97 Å². The fourth-order valence-electron chi connectivity index (χ4n) is 1.68. The van der Waals surface area contributed by atoms with Gasteiger partial charge in [0.15, 0.2) is 0 Å². The zero-order chi connectivity index (χ0) is 13.1. The minimum atomic E-state index is -0.384. The van der Waals surface area contributed by atoms with Crippen LogP contribution in [-0.2, 0) is 4.74 Å². The van der Waals surface area contributed by atoms with Gasteiger partial charge in [0.25, 0.3) is 0 Å². The third kappa shape index (κ3) is 2.37. The van der Waals surface area contributed by atoms with Crippen molar-refractivity contribution in [2.24, 2.45) is 0 Å². The molecule has 1 aromatic carbocycles. The number of rotatable bonds is 3. The van der Waals surface area contributed by atoms with Gasteiger partial charge in [0.1, 0.15) is 0 Å². The van der Waals surface area contributed by atoms with E-state index in [1.165, 1.54) is 0 Å². The normalized spacial score (nSPS) is 10.4. The van der Waals surface area contributed by atoms with E-state index in [0.29, 0.717) is 33.3 Å². The second-order valence-electron chi connectivity index (χ2n) is 3.60. The lowest BCUT2D eigenvalue weighted by Gasteiger charge is -2.06. The smallest absolute Gasteiger partial charge is 0.340 e. The van der Waals surface area contributed by atoms with Crippen LogP contribution >= 0.6 is 23.2 Å². The predicted octanol–water partition coefficient (Wildman–Crippen LogP) is 4.17. The van der Waals surface area contributed by atoms with Crippen molar-refractivity contribution < 1.29 is 9.53 Å². The number of esters is 1. The number of aromatic nitrogens is 1. The molecule has 5 heteroatoms. The Hall–Kier alpha value is -1.45. The number of H-pyrrole nitrogens is 1. The molecule has 2 rings (SSSR count). The molecular weight excluding hydrogens is 273 g/mol. The van der Waals surface area contributed by atoms with E-state index in [1.807, 2.05) is 0 Å². The first-order chi connectivity index (χ1) is 8.65. The lowest BCUT2D eigenvalue weighted by molar-refractivity contribution is 0.0527. The summed E-state index contributed by atoms with van der Waals surface area (Å²) in [5.41, 5.74) is 1.83. The second-order valence-corrected chi connectivity index (χ2v) is 4.39. The molecule has 0 aliphatic rings. The van der Waals surface area contributed by atoms with Crippen molar-refractivity contribution in [1.82, 2.24) is 4.98 Å². The summed E-state index contributed by atoms with van der Waals surface area (Å²) < 4.78 is 4.98. The van der Waals surface area contributed by atoms with Gasteiger partial charge in [0, 0.05) is 23.5 Å². The number of hydrogen-bond acceptors (Lipinski definition) is 2. The second kappa shape index (κ2) is 5.46. The number of benzene rings is 1. The first-order valence-electron chi connectivity index (χ1n) is 5.43. The quantitative estimate of drug-likeness (QED) is 0.860. The van der Waals surface area contributed by atoms with Gasteiger partial charge in [0.2, 0.25) is 0 Å². The monoisotopic (exact) mass is 283 g/mol. The van der Waals surface area contributed by atoms with Gasteiger partial charge in [-0.25, -0.2) is 4.79 Å². The van der Waals surface area contributed by atoms with Gasteiger partial charge in [-0.1, -0.05) is 35.3 Å². The van der Waals surface area contributed by atoms with Crippen LogP contribution < -0.4 is 0 Å². The lowest BCUT2D eigenvalue weighted by atomic mass is 10.0. The van der Waals surface area contributed by atoms with E-state index in [9.17, 15) is 4.79 Å². The summed E-state index contributed by atoms with van der Waals surface area (Å²) in [7, 11) is 0. The third-order valence-electron chi connectivity index (χ3n) is 2.48. The number of ether oxygens (including phenoxy) is 1. The van der Waals surface area contributed by atoms with Crippen molar-refractivity contribution in [2.45, 2.75) is 6.92 Å². The standard InChI is InChI=1S/C13H11Cl2NO2/c1-2-18-13(17)10-7-16-6-9(10)8-4-3-5-11(14)12(8)15/h3-7,16H,2H2,1H3. The van der Waals surface area contributed by atoms with Gasteiger partial charge < -0.3 is 9.72 Å². The minimum Gasteiger partial charge on any atom is -0.462 e. The predicted molar refractivity (Wildman–Crippen MR) is 72.2 cm³/mol. The van der Waals surface area contributed by atoms with Crippen molar-refractivity contribution in [1.29, 1.82) is 0 Å². The molecule has 0 saturated carbocycles. The average molecular weight is 284 g/mol. The summed E-state index contributed by atoms with van der Waals surface area (Å²) in [6.45, 7) is 2.09. The van der Waals surface area contributed by atoms with Crippen molar-refractivity contribution in [3.63, 3.8) is 0 Å². The Morgan fingerprint density at radius 2 is 2.06 bits per heavy atom. The summed E-state index contributed by atoms with van der Waals surface area (Å²) in [5.74, 6) is -0.384. The number of halogens is 2. The molecule has 1 N–H and O–H groups in total. The molecule has 0 aliphatic carbocycles. The molecule has 0 spiro atoms. The molecule has 0 unspecified atom stereocenters. The van der Waals surface area contributed by atoms with Crippen LogP contribution in [0, 0.1) is 0 Å². The summed E-state index contributed by atoms with van der Waals surface area (Å²) in [4.78, 5) is 14.7. The zero-order valence-electron chi connectivity index (χ0n) is 9.67. The summed E-state index contributed by atoms with van der Waals surface area (Å²) in [6.07, 6.45) is 3.29.